The molecule has 1 amide bonds. The Morgan fingerprint density at radius 3 is 2.56 bits per heavy atom. The van der Waals surface area contributed by atoms with Crippen LogP contribution in [0.3, 0.4) is 0 Å². The monoisotopic (exact) mass is 217 g/mol. The SMILES string of the molecule is CC1=NN(c2ccc(C)c(C)c2N)C(=O)C1. The second kappa shape index (κ2) is 3.63. The summed E-state index contributed by atoms with van der Waals surface area (Å²) < 4.78 is 0. The third-order valence-corrected chi connectivity index (χ3v) is 2.90. The average molecular weight is 217 g/mol. The summed E-state index contributed by atoms with van der Waals surface area (Å²) in [5.41, 5.74) is 10.3. The smallest absolute Gasteiger partial charge is 0.253 e. The molecule has 0 bridgehead atoms. The summed E-state index contributed by atoms with van der Waals surface area (Å²) >= 11 is 0. The van der Waals surface area contributed by atoms with Gasteiger partial charge in [0.05, 0.1) is 17.8 Å². The summed E-state index contributed by atoms with van der Waals surface area (Å²) in [6, 6.07) is 3.80. The number of carbonyl (C=O) groups is 1. The minimum atomic E-state index is -0.0209. The summed E-state index contributed by atoms with van der Waals surface area (Å²) in [6.45, 7) is 5.79. The number of benzene rings is 1. The Labute approximate surface area is 94.7 Å². The third kappa shape index (κ3) is 1.56. The summed E-state index contributed by atoms with van der Waals surface area (Å²) in [7, 11) is 0. The largest absolute Gasteiger partial charge is 0.397 e. The predicted octanol–water partition coefficient (Wildman–Crippen LogP) is 2.00. The summed E-state index contributed by atoms with van der Waals surface area (Å²) in [4.78, 5) is 11.7. The van der Waals surface area contributed by atoms with Crippen LogP contribution in [-0.4, -0.2) is 11.6 Å². The van der Waals surface area contributed by atoms with Crippen LogP contribution >= 0.6 is 0 Å². The highest BCUT2D eigenvalue weighted by atomic mass is 16.2. The topological polar surface area (TPSA) is 58.7 Å². The lowest BCUT2D eigenvalue weighted by Crippen LogP contribution is -2.21. The van der Waals surface area contributed by atoms with Gasteiger partial charge in [0, 0.05) is 5.71 Å². The van der Waals surface area contributed by atoms with Gasteiger partial charge in [-0.2, -0.15) is 10.1 Å². The Morgan fingerprint density at radius 2 is 2.00 bits per heavy atom. The minimum Gasteiger partial charge on any atom is -0.397 e. The second-order valence-electron chi connectivity index (χ2n) is 4.16. The molecular formula is C12H15N3O. The molecule has 0 atom stereocenters. The van der Waals surface area contributed by atoms with Gasteiger partial charge in [-0.05, 0) is 38.0 Å². The van der Waals surface area contributed by atoms with Gasteiger partial charge in [0.15, 0.2) is 0 Å². The van der Waals surface area contributed by atoms with Gasteiger partial charge in [-0.15, -0.1) is 0 Å². The Kier molecular flexibility index (Phi) is 2.42. The first-order valence-corrected chi connectivity index (χ1v) is 5.23. The molecule has 0 spiro atoms. The molecule has 1 heterocycles. The van der Waals surface area contributed by atoms with E-state index in [1.54, 1.807) is 0 Å². The van der Waals surface area contributed by atoms with E-state index in [0.717, 1.165) is 16.8 Å². The van der Waals surface area contributed by atoms with Crippen molar-refractivity contribution in [1.82, 2.24) is 0 Å². The summed E-state index contributed by atoms with van der Waals surface area (Å²) in [5, 5.41) is 5.59. The fourth-order valence-electron chi connectivity index (χ4n) is 1.75. The molecule has 0 radical (unpaired) electrons. The lowest BCUT2D eigenvalue weighted by molar-refractivity contribution is -0.116. The first kappa shape index (κ1) is 10.7. The molecule has 1 aliphatic heterocycles. The molecule has 0 unspecified atom stereocenters. The zero-order valence-electron chi connectivity index (χ0n) is 9.74. The van der Waals surface area contributed by atoms with Gasteiger partial charge in [0.2, 0.25) is 0 Å². The highest BCUT2D eigenvalue weighted by molar-refractivity contribution is 6.13. The number of amides is 1. The van der Waals surface area contributed by atoms with Crippen LogP contribution in [0.15, 0.2) is 17.2 Å². The summed E-state index contributed by atoms with van der Waals surface area (Å²) in [5.74, 6) is -0.0209. The fraction of sp³-hybridized carbons (Fsp3) is 0.333. The van der Waals surface area contributed by atoms with E-state index in [9.17, 15) is 4.79 Å². The quantitative estimate of drug-likeness (QED) is 0.731. The third-order valence-electron chi connectivity index (χ3n) is 2.90. The van der Waals surface area contributed by atoms with Gasteiger partial charge in [0.1, 0.15) is 0 Å². The fourth-order valence-corrected chi connectivity index (χ4v) is 1.75. The molecule has 0 aliphatic carbocycles. The van der Waals surface area contributed by atoms with Gasteiger partial charge in [0.25, 0.3) is 5.91 Å². The normalized spacial score (nSPS) is 15.6. The maximum atomic E-state index is 11.7. The lowest BCUT2D eigenvalue weighted by Gasteiger charge is -2.16. The van der Waals surface area contributed by atoms with Crippen LogP contribution in [0.2, 0.25) is 0 Å². The molecule has 0 saturated carbocycles. The van der Waals surface area contributed by atoms with Crippen LogP contribution in [0.25, 0.3) is 0 Å². The van der Waals surface area contributed by atoms with Crippen molar-refractivity contribution < 1.29 is 4.79 Å². The number of nitrogen functional groups attached to an aromatic ring is 1. The number of nitrogens with zero attached hydrogens (tertiary/aromatic N) is 2. The standard InChI is InChI=1S/C12H15N3O/c1-7-4-5-10(12(13)9(7)3)15-11(16)6-8(2)14-15/h4-5H,6,13H2,1-3H3. The molecule has 1 aliphatic rings. The molecule has 2 N–H and O–H groups in total. The van der Waals surface area contributed by atoms with Gasteiger partial charge < -0.3 is 5.73 Å². The van der Waals surface area contributed by atoms with Crippen LogP contribution in [0.1, 0.15) is 24.5 Å². The van der Waals surface area contributed by atoms with E-state index in [1.807, 2.05) is 32.9 Å². The van der Waals surface area contributed by atoms with Crippen molar-refractivity contribution in [3.05, 3.63) is 23.3 Å². The number of rotatable bonds is 1. The first-order chi connectivity index (χ1) is 7.50. The van der Waals surface area contributed by atoms with Crippen molar-refractivity contribution in [2.24, 2.45) is 5.10 Å². The molecular weight excluding hydrogens is 202 g/mol. The lowest BCUT2D eigenvalue weighted by atomic mass is 10.1. The van der Waals surface area contributed by atoms with E-state index in [0.29, 0.717) is 17.8 Å². The van der Waals surface area contributed by atoms with Crippen LogP contribution in [-0.2, 0) is 4.79 Å². The van der Waals surface area contributed by atoms with Crippen LogP contribution in [0.5, 0.6) is 0 Å². The van der Waals surface area contributed by atoms with Crippen molar-refractivity contribution in [3.63, 3.8) is 0 Å². The van der Waals surface area contributed by atoms with E-state index in [2.05, 4.69) is 5.10 Å². The van der Waals surface area contributed by atoms with Crippen molar-refractivity contribution in [2.75, 3.05) is 10.7 Å². The minimum absolute atomic E-state index is 0.0209. The van der Waals surface area contributed by atoms with Crippen LogP contribution < -0.4 is 10.7 Å². The number of anilines is 2. The average Bonchev–Trinajstić information content (AvgIpc) is 2.55. The Hall–Kier alpha value is -1.84. The Bertz CT molecular complexity index is 491. The molecule has 0 saturated heterocycles. The van der Waals surface area contributed by atoms with Gasteiger partial charge in [-0.1, -0.05) is 6.07 Å². The van der Waals surface area contributed by atoms with E-state index < -0.39 is 0 Å². The van der Waals surface area contributed by atoms with Crippen molar-refractivity contribution in [3.8, 4) is 0 Å². The molecule has 16 heavy (non-hydrogen) atoms. The molecule has 4 nitrogen and oxygen atoms in total. The number of hydrogen-bond donors (Lipinski definition) is 1. The molecule has 1 aromatic carbocycles. The summed E-state index contributed by atoms with van der Waals surface area (Å²) in [6.07, 6.45) is 0.381. The number of nitrogens with two attached hydrogens (primary N) is 1. The highest BCUT2D eigenvalue weighted by Gasteiger charge is 2.24. The number of hydrazone groups is 1. The van der Waals surface area contributed by atoms with Crippen molar-refractivity contribution >= 4 is 23.0 Å². The van der Waals surface area contributed by atoms with Crippen LogP contribution in [0, 0.1) is 13.8 Å². The zero-order valence-corrected chi connectivity index (χ0v) is 9.74. The van der Waals surface area contributed by atoms with Gasteiger partial charge in [-0.25, -0.2) is 0 Å². The molecule has 4 heteroatoms. The molecule has 1 aromatic rings. The van der Waals surface area contributed by atoms with E-state index in [-0.39, 0.29) is 5.91 Å². The van der Waals surface area contributed by atoms with E-state index in [1.165, 1.54) is 5.01 Å². The van der Waals surface area contributed by atoms with Gasteiger partial charge >= 0.3 is 0 Å². The second-order valence-corrected chi connectivity index (χ2v) is 4.16. The predicted molar refractivity (Wildman–Crippen MR) is 65.5 cm³/mol. The molecule has 84 valence electrons. The van der Waals surface area contributed by atoms with E-state index >= 15 is 0 Å². The maximum Gasteiger partial charge on any atom is 0.253 e. The zero-order chi connectivity index (χ0) is 11.9. The van der Waals surface area contributed by atoms with Crippen molar-refractivity contribution in [1.29, 1.82) is 0 Å². The molecule has 2 rings (SSSR count). The number of carbonyl (C=O) groups excluding carboxylic acids is 1. The first-order valence-electron chi connectivity index (χ1n) is 5.23. The molecule has 0 fully saturated rings. The Morgan fingerprint density at radius 1 is 1.31 bits per heavy atom. The number of aryl methyl sites for hydroxylation is 1. The van der Waals surface area contributed by atoms with E-state index in [4.69, 9.17) is 5.73 Å². The van der Waals surface area contributed by atoms with Gasteiger partial charge in [-0.3, -0.25) is 4.79 Å². The maximum absolute atomic E-state index is 11.7. The number of hydrogen-bond acceptors (Lipinski definition) is 3. The van der Waals surface area contributed by atoms with Crippen LogP contribution in [0.4, 0.5) is 11.4 Å². The Balaban J connectivity index is 2.50. The highest BCUT2D eigenvalue weighted by Crippen LogP contribution is 2.31. The molecule has 0 aromatic heterocycles. The van der Waals surface area contributed by atoms with Crippen molar-refractivity contribution in [2.45, 2.75) is 27.2 Å².